The maximum Gasteiger partial charge on any atom is 0.184 e. The van der Waals surface area contributed by atoms with Crippen LogP contribution in [-0.2, 0) is 18.9 Å². The van der Waals surface area contributed by atoms with Gasteiger partial charge in [0.15, 0.2) is 12.6 Å². The number of aliphatic hydroxyl groups is 2. The fourth-order valence-corrected chi connectivity index (χ4v) is 3.27. The van der Waals surface area contributed by atoms with Gasteiger partial charge in [0.05, 0.1) is 13.2 Å². The van der Waals surface area contributed by atoms with Crippen LogP contribution in [0.4, 0.5) is 0 Å². The van der Waals surface area contributed by atoms with E-state index in [-0.39, 0.29) is 13.2 Å². The van der Waals surface area contributed by atoms with Gasteiger partial charge in [-0.3, -0.25) is 0 Å². The van der Waals surface area contributed by atoms with Gasteiger partial charge in [0.2, 0.25) is 0 Å². The zero-order valence-electron chi connectivity index (χ0n) is 14.2. The van der Waals surface area contributed by atoms with Crippen molar-refractivity contribution >= 4 is 0 Å². The van der Waals surface area contributed by atoms with Gasteiger partial charge in [0, 0.05) is 11.1 Å². The van der Waals surface area contributed by atoms with Crippen LogP contribution in [0.1, 0.15) is 23.7 Å². The molecule has 0 aliphatic carbocycles. The predicted molar refractivity (Wildman–Crippen MR) is 92.0 cm³/mol. The summed E-state index contributed by atoms with van der Waals surface area (Å²) >= 11 is 0. The average Bonchev–Trinajstić information content (AvgIpc) is 2.70. The Morgan fingerprint density at radius 1 is 0.615 bits per heavy atom. The maximum absolute atomic E-state index is 10.4. The van der Waals surface area contributed by atoms with Crippen LogP contribution >= 0.6 is 0 Å². The van der Waals surface area contributed by atoms with Gasteiger partial charge in [0.1, 0.15) is 24.4 Å². The molecule has 6 nitrogen and oxygen atoms in total. The summed E-state index contributed by atoms with van der Waals surface area (Å²) < 4.78 is 23.1. The lowest BCUT2D eigenvalue weighted by molar-refractivity contribution is -0.331. The minimum Gasteiger partial charge on any atom is -0.388 e. The molecule has 26 heavy (non-hydrogen) atoms. The number of hydrogen-bond acceptors (Lipinski definition) is 6. The Morgan fingerprint density at radius 3 is 1.38 bits per heavy atom. The molecule has 2 saturated heterocycles. The summed E-state index contributed by atoms with van der Waals surface area (Å²) in [6.45, 7) is 0.210. The molecule has 0 saturated carbocycles. The molecule has 2 heterocycles. The van der Waals surface area contributed by atoms with E-state index in [1.807, 2.05) is 60.7 Å². The highest BCUT2D eigenvalue weighted by Crippen LogP contribution is 2.34. The van der Waals surface area contributed by atoms with E-state index in [0.29, 0.717) is 0 Å². The van der Waals surface area contributed by atoms with E-state index in [9.17, 15) is 10.2 Å². The fourth-order valence-electron chi connectivity index (χ4n) is 3.27. The molecular formula is C20H22O6. The first kappa shape index (κ1) is 17.6. The summed E-state index contributed by atoms with van der Waals surface area (Å²) in [6, 6.07) is 19.0. The lowest BCUT2D eigenvalue weighted by atomic mass is 10.0. The third-order valence-corrected chi connectivity index (χ3v) is 4.62. The first-order chi connectivity index (χ1) is 12.7. The molecular weight excluding hydrogens is 336 g/mol. The molecule has 2 aliphatic heterocycles. The molecule has 2 fully saturated rings. The molecule has 0 unspecified atom stereocenters. The van der Waals surface area contributed by atoms with Crippen LogP contribution in [0.2, 0.25) is 0 Å². The summed E-state index contributed by atoms with van der Waals surface area (Å²) in [5, 5.41) is 20.8. The quantitative estimate of drug-likeness (QED) is 0.873. The number of benzene rings is 2. The van der Waals surface area contributed by atoms with Gasteiger partial charge in [-0.05, 0) is 0 Å². The molecule has 0 bridgehead atoms. The van der Waals surface area contributed by atoms with Gasteiger partial charge in [0.25, 0.3) is 0 Å². The van der Waals surface area contributed by atoms with Crippen LogP contribution in [0, 0.1) is 0 Å². The van der Waals surface area contributed by atoms with Gasteiger partial charge in [-0.2, -0.15) is 0 Å². The lowest BCUT2D eigenvalue weighted by Gasteiger charge is -2.43. The highest BCUT2D eigenvalue weighted by Gasteiger charge is 2.44. The second-order valence-electron chi connectivity index (χ2n) is 6.49. The van der Waals surface area contributed by atoms with Crippen molar-refractivity contribution in [3.05, 3.63) is 71.8 Å². The molecule has 2 aliphatic rings. The van der Waals surface area contributed by atoms with Gasteiger partial charge >= 0.3 is 0 Å². The van der Waals surface area contributed by atoms with E-state index < -0.39 is 37.0 Å². The Hall–Kier alpha value is -1.80. The lowest BCUT2D eigenvalue weighted by Crippen LogP contribution is -2.55. The van der Waals surface area contributed by atoms with Crippen molar-refractivity contribution in [3.63, 3.8) is 0 Å². The normalized spacial score (nSPS) is 35.2. The second-order valence-corrected chi connectivity index (χ2v) is 6.49. The zero-order chi connectivity index (χ0) is 17.9. The van der Waals surface area contributed by atoms with Crippen LogP contribution in [0.15, 0.2) is 60.7 Å². The highest BCUT2D eigenvalue weighted by molar-refractivity contribution is 5.18. The Bertz CT molecular complexity index is 632. The Morgan fingerprint density at radius 2 is 1.00 bits per heavy atom. The molecule has 2 aromatic rings. The Labute approximate surface area is 151 Å². The van der Waals surface area contributed by atoms with Gasteiger partial charge in [-0.1, -0.05) is 60.7 Å². The summed E-state index contributed by atoms with van der Waals surface area (Å²) in [7, 11) is 0. The molecule has 0 amide bonds. The molecule has 0 aromatic heterocycles. The standard InChI is InChI=1S/C20H22O6/c21-15-11-23-19(13-7-3-1-4-8-13)25-17(15)18-16(22)12-24-20(26-18)14-9-5-2-6-10-14/h1-10,15-22H,11-12H2/t15-,16-,17-,18-,19-,20-/m1/s1. The van der Waals surface area contributed by atoms with Crippen molar-refractivity contribution in [3.8, 4) is 0 Å². The molecule has 6 atom stereocenters. The van der Waals surface area contributed by atoms with Crippen molar-refractivity contribution in [1.29, 1.82) is 0 Å². The number of rotatable bonds is 3. The van der Waals surface area contributed by atoms with Crippen molar-refractivity contribution in [1.82, 2.24) is 0 Å². The van der Waals surface area contributed by atoms with Crippen LogP contribution in [0.3, 0.4) is 0 Å². The van der Waals surface area contributed by atoms with E-state index in [0.717, 1.165) is 11.1 Å². The molecule has 2 aromatic carbocycles. The third kappa shape index (κ3) is 3.66. The summed E-state index contributed by atoms with van der Waals surface area (Å²) in [6.07, 6.45) is -4.47. The van der Waals surface area contributed by atoms with Crippen molar-refractivity contribution in [2.24, 2.45) is 0 Å². The van der Waals surface area contributed by atoms with Crippen LogP contribution in [-0.4, -0.2) is 47.8 Å². The third-order valence-electron chi connectivity index (χ3n) is 4.62. The van der Waals surface area contributed by atoms with Crippen LogP contribution in [0.25, 0.3) is 0 Å². The van der Waals surface area contributed by atoms with Crippen LogP contribution in [0.5, 0.6) is 0 Å². The smallest absolute Gasteiger partial charge is 0.184 e. The number of aliphatic hydroxyl groups excluding tert-OH is 2. The molecule has 4 rings (SSSR count). The highest BCUT2D eigenvalue weighted by atomic mass is 16.7. The van der Waals surface area contributed by atoms with E-state index in [4.69, 9.17) is 18.9 Å². The summed E-state index contributed by atoms with van der Waals surface area (Å²) in [4.78, 5) is 0. The molecule has 138 valence electrons. The molecule has 0 spiro atoms. The monoisotopic (exact) mass is 358 g/mol. The Kier molecular flexibility index (Phi) is 5.31. The average molecular weight is 358 g/mol. The Balaban J connectivity index is 1.51. The van der Waals surface area contributed by atoms with Gasteiger partial charge in [-0.25, -0.2) is 0 Å². The van der Waals surface area contributed by atoms with Crippen molar-refractivity contribution in [2.75, 3.05) is 13.2 Å². The van der Waals surface area contributed by atoms with Crippen LogP contribution < -0.4 is 0 Å². The minimum atomic E-state index is -0.899. The predicted octanol–water partition coefficient (Wildman–Crippen LogP) is 1.94. The van der Waals surface area contributed by atoms with Gasteiger partial charge in [-0.15, -0.1) is 0 Å². The maximum atomic E-state index is 10.4. The molecule has 0 radical (unpaired) electrons. The SMILES string of the molecule is O[C@@H]1CO[C@@H](c2ccccc2)O[C@H]1[C@@H]1O[C@H](c2ccccc2)OC[C@H]1O. The topological polar surface area (TPSA) is 77.4 Å². The van der Waals surface area contributed by atoms with Crippen molar-refractivity contribution in [2.45, 2.75) is 37.0 Å². The van der Waals surface area contributed by atoms with E-state index in [2.05, 4.69) is 0 Å². The fraction of sp³-hybridized carbons (Fsp3) is 0.400. The first-order valence-corrected chi connectivity index (χ1v) is 8.72. The largest absolute Gasteiger partial charge is 0.388 e. The second kappa shape index (κ2) is 7.84. The van der Waals surface area contributed by atoms with Gasteiger partial charge < -0.3 is 29.2 Å². The zero-order valence-corrected chi connectivity index (χ0v) is 14.2. The van der Waals surface area contributed by atoms with Crippen molar-refractivity contribution < 1.29 is 29.2 Å². The first-order valence-electron chi connectivity index (χ1n) is 8.72. The van der Waals surface area contributed by atoms with E-state index in [1.165, 1.54) is 0 Å². The number of hydrogen-bond donors (Lipinski definition) is 2. The van der Waals surface area contributed by atoms with E-state index in [1.54, 1.807) is 0 Å². The summed E-state index contributed by atoms with van der Waals surface area (Å²) in [5.74, 6) is 0. The molecule has 6 heteroatoms. The minimum absolute atomic E-state index is 0.105. The van der Waals surface area contributed by atoms with E-state index >= 15 is 0 Å². The number of ether oxygens (including phenoxy) is 4. The summed E-state index contributed by atoms with van der Waals surface area (Å²) in [5.41, 5.74) is 1.70. The molecule has 2 N–H and O–H groups in total.